The minimum Gasteiger partial charge on any atom is -0.339 e. The normalized spacial score (nSPS) is 22.0. The van der Waals surface area contributed by atoms with Gasteiger partial charge in [-0.15, -0.1) is 0 Å². The number of hydrogen-bond acceptors (Lipinski definition) is 5. The molecule has 0 atom stereocenters. The molecule has 3 saturated heterocycles. The molecule has 0 spiro atoms. The number of amides is 4. The van der Waals surface area contributed by atoms with Gasteiger partial charge in [-0.25, -0.2) is 4.79 Å². The number of piperidine rings is 1. The van der Waals surface area contributed by atoms with Crippen molar-refractivity contribution in [2.24, 2.45) is 5.92 Å². The van der Waals surface area contributed by atoms with E-state index in [0.717, 1.165) is 65.2 Å². The molecule has 0 aliphatic carbocycles. The molecule has 0 bridgehead atoms. The summed E-state index contributed by atoms with van der Waals surface area (Å²) in [6.45, 7) is 11.0. The zero-order valence-electron chi connectivity index (χ0n) is 18.4. The number of rotatable bonds is 5. The van der Waals surface area contributed by atoms with Gasteiger partial charge in [-0.2, -0.15) is 0 Å². The Balaban J connectivity index is 1.30. The van der Waals surface area contributed by atoms with Gasteiger partial charge in [0, 0.05) is 70.0 Å². The van der Waals surface area contributed by atoms with Crippen molar-refractivity contribution in [3.05, 3.63) is 29.8 Å². The molecule has 3 fully saturated rings. The minimum atomic E-state index is -0.429. The molecule has 3 heterocycles. The van der Waals surface area contributed by atoms with Gasteiger partial charge >= 0.3 is 6.03 Å². The van der Waals surface area contributed by atoms with Crippen molar-refractivity contribution in [1.29, 1.82) is 0 Å². The Morgan fingerprint density at radius 3 is 2.39 bits per heavy atom. The molecule has 8 heteroatoms. The molecule has 1 aromatic rings. The van der Waals surface area contributed by atoms with Gasteiger partial charge in [-0.05, 0) is 43.5 Å². The second-order valence-corrected chi connectivity index (χ2v) is 8.78. The molecule has 0 saturated carbocycles. The largest absolute Gasteiger partial charge is 0.339 e. The standard InChI is InChI=1S/C23H33N5O3/c1-2-25-12-14-26(15-13-25)17-18-6-9-27(10-7-18)22(30)19-4-3-5-20(16-19)28-11-8-21(29)24-23(28)31/h3-5,16,18H,2,6-15,17H2,1H3,(H,24,29,31). The number of likely N-dealkylation sites (tertiary alicyclic amines) is 1. The highest BCUT2D eigenvalue weighted by Crippen LogP contribution is 2.23. The summed E-state index contributed by atoms with van der Waals surface area (Å²) >= 11 is 0. The van der Waals surface area contributed by atoms with Crippen LogP contribution in [0.4, 0.5) is 10.5 Å². The smallest absolute Gasteiger partial charge is 0.328 e. The Morgan fingerprint density at radius 1 is 1.00 bits per heavy atom. The van der Waals surface area contributed by atoms with Crippen LogP contribution in [0.25, 0.3) is 0 Å². The molecule has 31 heavy (non-hydrogen) atoms. The number of benzene rings is 1. The molecule has 0 unspecified atom stereocenters. The zero-order chi connectivity index (χ0) is 21.8. The molecule has 0 aromatic heterocycles. The van der Waals surface area contributed by atoms with Gasteiger partial charge < -0.3 is 14.7 Å². The lowest BCUT2D eigenvalue weighted by Gasteiger charge is -2.38. The van der Waals surface area contributed by atoms with Gasteiger partial charge in [0.05, 0.1) is 0 Å². The molecule has 4 rings (SSSR count). The summed E-state index contributed by atoms with van der Waals surface area (Å²) in [5.74, 6) is 0.409. The molecule has 1 aromatic carbocycles. The molecule has 0 radical (unpaired) electrons. The summed E-state index contributed by atoms with van der Waals surface area (Å²) in [6, 6.07) is 6.74. The summed E-state index contributed by atoms with van der Waals surface area (Å²) in [5, 5.41) is 2.33. The fourth-order valence-electron chi connectivity index (χ4n) is 4.77. The Bertz CT molecular complexity index is 813. The summed E-state index contributed by atoms with van der Waals surface area (Å²) in [7, 11) is 0. The number of carbonyl (C=O) groups is 3. The van der Waals surface area contributed by atoms with E-state index in [1.165, 1.54) is 4.90 Å². The number of anilines is 1. The second kappa shape index (κ2) is 9.78. The maximum atomic E-state index is 13.1. The molecular weight excluding hydrogens is 394 g/mol. The number of carbonyl (C=O) groups excluding carboxylic acids is 3. The van der Waals surface area contributed by atoms with E-state index < -0.39 is 6.03 Å². The van der Waals surface area contributed by atoms with Crippen molar-refractivity contribution < 1.29 is 14.4 Å². The van der Waals surface area contributed by atoms with Crippen molar-refractivity contribution in [2.75, 3.05) is 63.8 Å². The fraction of sp³-hybridized carbons (Fsp3) is 0.609. The SMILES string of the molecule is CCN1CCN(CC2CCN(C(=O)c3cccc(N4CCC(=O)NC4=O)c3)CC2)CC1. The second-order valence-electron chi connectivity index (χ2n) is 8.78. The Hall–Kier alpha value is -2.45. The lowest BCUT2D eigenvalue weighted by Crippen LogP contribution is -2.49. The van der Waals surface area contributed by atoms with Crippen molar-refractivity contribution in [3.8, 4) is 0 Å². The van der Waals surface area contributed by atoms with Gasteiger partial charge in [0.1, 0.15) is 0 Å². The highest BCUT2D eigenvalue weighted by Gasteiger charge is 2.28. The molecule has 168 valence electrons. The zero-order valence-corrected chi connectivity index (χ0v) is 18.4. The maximum Gasteiger partial charge on any atom is 0.328 e. The van der Waals surface area contributed by atoms with E-state index in [0.29, 0.717) is 23.7 Å². The number of nitrogens with one attached hydrogen (secondary N) is 1. The molecule has 3 aliphatic rings. The fourth-order valence-corrected chi connectivity index (χ4v) is 4.77. The van der Waals surface area contributed by atoms with Crippen molar-refractivity contribution in [3.63, 3.8) is 0 Å². The van der Waals surface area contributed by atoms with Crippen LogP contribution in [0, 0.1) is 5.92 Å². The first-order valence-electron chi connectivity index (χ1n) is 11.5. The van der Waals surface area contributed by atoms with E-state index in [4.69, 9.17) is 0 Å². The van der Waals surface area contributed by atoms with Crippen LogP contribution in [0.1, 0.15) is 36.5 Å². The monoisotopic (exact) mass is 427 g/mol. The number of hydrogen-bond donors (Lipinski definition) is 1. The number of likely N-dealkylation sites (N-methyl/N-ethyl adjacent to an activating group) is 1. The Morgan fingerprint density at radius 2 is 1.71 bits per heavy atom. The van der Waals surface area contributed by atoms with Crippen molar-refractivity contribution in [2.45, 2.75) is 26.2 Å². The third-order valence-corrected chi connectivity index (χ3v) is 6.79. The van der Waals surface area contributed by atoms with E-state index in [9.17, 15) is 14.4 Å². The number of nitrogens with zero attached hydrogens (tertiary/aromatic N) is 4. The van der Waals surface area contributed by atoms with Gasteiger partial charge in [0.15, 0.2) is 0 Å². The molecule has 1 N–H and O–H groups in total. The first-order valence-corrected chi connectivity index (χ1v) is 11.5. The summed E-state index contributed by atoms with van der Waals surface area (Å²) in [5.41, 5.74) is 1.24. The van der Waals surface area contributed by atoms with Crippen LogP contribution in [0.2, 0.25) is 0 Å². The lowest BCUT2D eigenvalue weighted by molar-refractivity contribution is -0.120. The van der Waals surface area contributed by atoms with Gasteiger partial charge in [0.25, 0.3) is 5.91 Å². The maximum absolute atomic E-state index is 13.1. The van der Waals surface area contributed by atoms with Crippen molar-refractivity contribution >= 4 is 23.5 Å². The average Bonchev–Trinajstić information content (AvgIpc) is 2.80. The summed E-state index contributed by atoms with van der Waals surface area (Å²) < 4.78 is 0. The summed E-state index contributed by atoms with van der Waals surface area (Å²) in [4.78, 5) is 45.1. The van der Waals surface area contributed by atoms with Crippen LogP contribution in [0.5, 0.6) is 0 Å². The predicted molar refractivity (Wildman–Crippen MR) is 119 cm³/mol. The van der Waals surface area contributed by atoms with Gasteiger partial charge in [-0.1, -0.05) is 13.0 Å². The Labute approximate surface area is 184 Å². The van der Waals surface area contributed by atoms with Crippen LogP contribution in [-0.4, -0.2) is 91.4 Å². The number of imide groups is 1. The van der Waals surface area contributed by atoms with Crippen LogP contribution in [-0.2, 0) is 4.79 Å². The van der Waals surface area contributed by atoms with Crippen LogP contribution < -0.4 is 10.2 Å². The van der Waals surface area contributed by atoms with E-state index in [1.54, 1.807) is 24.3 Å². The van der Waals surface area contributed by atoms with E-state index in [2.05, 4.69) is 22.0 Å². The third-order valence-electron chi connectivity index (χ3n) is 6.79. The first kappa shape index (κ1) is 21.8. The first-order chi connectivity index (χ1) is 15.0. The molecular formula is C23H33N5O3. The van der Waals surface area contributed by atoms with E-state index >= 15 is 0 Å². The van der Waals surface area contributed by atoms with Gasteiger partial charge in [0.2, 0.25) is 5.91 Å². The third kappa shape index (κ3) is 5.25. The predicted octanol–water partition coefficient (Wildman–Crippen LogP) is 1.62. The van der Waals surface area contributed by atoms with E-state index in [-0.39, 0.29) is 18.2 Å². The molecule has 4 amide bonds. The average molecular weight is 428 g/mol. The summed E-state index contributed by atoms with van der Waals surface area (Å²) in [6.07, 6.45) is 2.34. The van der Waals surface area contributed by atoms with Gasteiger partial charge in [-0.3, -0.25) is 19.8 Å². The Kier molecular flexibility index (Phi) is 6.87. The van der Waals surface area contributed by atoms with Crippen molar-refractivity contribution in [1.82, 2.24) is 20.0 Å². The van der Waals surface area contributed by atoms with Crippen LogP contribution in [0.15, 0.2) is 24.3 Å². The number of piperazine rings is 1. The lowest BCUT2D eigenvalue weighted by atomic mass is 9.95. The molecule has 8 nitrogen and oxygen atoms in total. The topological polar surface area (TPSA) is 76.2 Å². The quantitative estimate of drug-likeness (QED) is 0.773. The highest BCUT2D eigenvalue weighted by atomic mass is 16.2. The molecule has 3 aliphatic heterocycles. The van der Waals surface area contributed by atoms with Crippen LogP contribution >= 0.6 is 0 Å². The van der Waals surface area contributed by atoms with E-state index in [1.807, 2.05) is 4.90 Å². The van der Waals surface area contributed by atoms with Crippen LogP contribution in [0.3, 0.4) is 0 Å². The number of urea groups is 1. The minimum absolute atomic E-state index is 0.0188. The highest BCUT2D eigenvalue weighted by molar-refractivity contribution is 6.06.